The molecule has 0 bridgehead atoms. The summed E-state index contributed by atoms with van der Waals surface area (Å²) in [5.41, 5.74) is 4.09. The molecule has 1 saturated heterocycles. The van der Waals surface area contributed by atoms with Crippen LogP contribution in [0.25, 0.3) is 0 Å². The van der Waals surface area contributed by atoms with Gasteiger partial charge in [-0.1, -0.05) is 45.4 Å². The van der Waals surface area contributed by atoms with Crippen LogP contribution in [0.5, 0.6) is 0 Å². The number of nitrogens with zero attached hydrogens (tertiary/aromatic N) is 1. The normalized spacial score (nSPS) is 34.5. The van der Waals surface area contributed by atoms with E-state index in [2.05, 4.69) is 49.7 Å². The van der Waals surface area contributed by atoms with Crippen molar-refractivity contribution in [2.45, 2.75) is 58.9 Å². The van der Waals surface area contributed by atoms with Crippen LogP contribution in [0.15, 0.2) is 35.7 Å². The van der Waals surface area contributed by atoms with Crippen molar-refractivity contribution in [3.63, 3.8) is 0 Å². The summed E-state index contributed by atoms with van der Waals surface area (Å²) in [5.74, 6) is 2.28. The summed E-state index contributed by atoms with van der Waals surface area (Å²) < 4.78 is 0. The molecule has 0 amide bonds. The monoisotopic (exact) mass is 300 g/mol. The number of hydrogen-bond acceptors (Lipinski definition) is 2. The number of hydrogen-bond donors (Lipinski definition) is 1. The van der Waals surface area contributed by atoms with E-state index < -0.39 is 0 Å². The summed E-state index contributed by atoms with van der Waals surface area (Å²) >= 11 is 0. The lowest BCUT2D eigenvalue weighted by Crippen LogP contribution is -2.44. The van der Waals surface area contributed by atoms with Gasteiger partial charge in [0.2, 0.25) is 0 Å². The van der Waals surface area contributed by atoms with Crippen molar-refractivity contribution in [3.8, 4) is 0 Å². The Morgan fingerprint density at radius 3 is 3.00 bits per heavy atom. The number of rotatable bonds is 6. The van der Waals surface area contributed by atoms with Gasteiger partial charge in [0, 0.05) is 23.4 Å². The van der Waals surface area contributed by atoms with Crippen LogP contribution in [0.2, 0.25) is 0 Å². The van der Waals surface area contributed by atoms with Crippen molar-refractivity contribution in [1.29, 1.82) is 0 Å². The first-order valence-corrected chi connectivity index (χ1v) is 9.22. The van der Waals surface area contributed by atoms with Gasteiger partial charge in [-0.05, 0) is 56.7 Å². The highest BCUT2D eigenvalue weighted by Gasteiger charge is 2.49. The van der Waals surface area contributed by atoms with Gasteiger partial charge in [-0.2, -0.15) is 0 Å². The predicted octanol–water partition coefficient (Wildman–Crippen LogP) is 4.47. The van der Waals surface area contributed by atoms with Crippen molar-refractivity contribution in [3.05, 3.63) is 35.7 Å². The second-order valence-corrected chi connectivity index (χ2v) is 7.47. The van der Waals surface area contributed by atoms with E-state index in [1.807, 2.05) is 0 Å². The third-order valence-electron chi connectivity index (χ3n) is 5.88. The van der Waals surface area contributed by atoms with Crippen LogP contribution in [-0.2, 0) is 0 Å². The van der Waals surface area contributed by atoms with Gasteiger partial charge in [0.15, 0.2) is 0 Å². The molecule has 2 fully saturated rings. The fourth-order valence-corrected chi connectivity index (χ4v) is 4.30. The van der Waals surface area contributed by atoms with Crippen LogP contribution >= 0.6 is 0 Å². The molecular formula is C20H32N2. The van der Waals surface area contributed by atoms with Gasteiger partial charge >= 0.3 is 0 Å². The van der Waals surface area contributed by atoms with E-state index >= 15 is 0 Å². The smallest absolute Gasteiger partial charge is 0.0492 e. The average molecular weight is 300 g/mol. The number of likely N-dealkylation sites (tertiary alicyclic amines) is 1. The molecule has 0 aromatic heterocycles. The molecule has 2 aliphatic carbocycles. The van der Waals surface area contributed by atoms with Crippen molar-refractivity contribution < 1.29 is 0 Å². The van der Waals surface area contributed by atoms with Gasteiger partial charge in [-0.25, -0.2) is 0 Å². The standard InChI is InChI=1S/C20H32N2/c1-5-6-12-22-13-8-7-9-18(22)16(4)21-20-14(2)10-11-17-15(3)19(17)20/h10-11,15,17-19,21H,4-9,12-13H2,1-3H3. The topological polar surface area (TPSA) is 15.3 Å². The minimum absolute atomic E-state index is 0.527. The lowest BCUT2D eigenvalue weighted by atomic mass is 9.97. The van der Waals surface area contributed by atoms with Crippen molar-refractivity contribution >= 4 is 0 Å². The highest BCUT2D eigenvalue weighted by atomic mass is 15.2. The van der Waals surface area contributed by atoms with E-state index in [0.29, 0.717) is 6.04 Å². The molecule has 0 aromatic rings. The summed E-state index contributed by atoms with van der Waals surface area (Å²) in [6.07, 6.45) is 11.2. The molecule has 0 aromatic carbocycles. The van der Waals surface area contributed by atoms with Crippen molar-refractivity contribution in [1.82, 2.24) is 10.2 Å². The predicted molar refractivity (Wildman–Crippen MR) is 94.4 cm³/mol. The Morgan fingerprint density at radius 2 is 2.23 bits per heavy atom. The molecule has 1 saturated carbocycles. The van der Waals surface area contributed by atoms with Crippen LogP contribution in [0.1, 0.15) is 52.9 Å². The summed E-state index contributed by atoms with van der Waals surface area (Å²) in [7, 11) is 0. The Kier molecular flexibility index (Phi) is 4.77. The van der Waals surface area contributed by atoms with E-state index in [9.17, 15) is 0 Å². The molecule has 4 unspecified atom stereocenters. The van der Waals surface area contributed by atoms with Crippen molar-refractivity contribution in [2.75, 3.05) is 13.1 Å². The zero-order valence-corrected chi connectivity index (χ0v) is 14.6. The molecule has 1 N–H and O–H groups in total. The third-order valence-corrected chi connectivity index (χ3v) is 5.88. The molecule has 22 heavy (non-hydrogen) atoms. The first kappa shape index (κ1) is 15.9. The highest BCUT2D eigenvalue weighted by Crippen LogP contribution is 2.54. The Bertz CT molecular complexity index is 488. The Labute approximate surface area is 136 Å². The lowest BCUT2D eigenvalue weighted by molar-refractivity contribution is 0.165. The molecule has 2 heteroatoms. The number of unbranched alkanes of at least 4 members (excludes halogenated alkanes) is 1. The van der Waals surface area contributed by atoms with Gasteiger partial charge in [0.1, 0.15) is 0 Å². The van der Waals surface area contributed by atoms with E-state index in [-0.39, 0.29) is 0 Å². The van der Waals surface area contributed by atoms with Gasteiger partial charge in [0.05, 0.1) is 0 Å². The van der Waals surface area contributed by atoms with Crippen LogP contribution in [0, 0.1) is 17.8 Å². The van der Waals surface area contributed by atoms with Crippen LogP contribution in [0.3, 0.4) is 0 Å². The molecule has 3 aliphatic rings. The summed E-state index contributed by atoms with van der Waals surface area (Å²) in [5, 5.41) is 3.76. The second kappa shape index (κ2) is 6.62. The quantitative estimate of drug-likeness (QED) is 0.778. The fourth-order valence-electron chi connectivity index (χ4n) is 4.30. The third kappa shape index (κ3) is 3.03. The molecule has 4 atom stereocenters. The second-order valence-electron chi connectivity index (χ2n) is 7.47. The Hall–Kier alpha value is -1.02. The maximum absolute atomic E-state index is 4.43. The fraction of sp³-hybridized carbons (Fsp3) is 0.700. The zero-order chi connectivity index (χ0) is 15.7. The molecule has 2 nitrogen and oxygen atoms in total. The first-order valence-electron chi connectivity index (χ1n) is 9.22. The minimum atomic E-state index is 0.527. The van der Waals surface area contributed by atoms with Crippen LogP contribution in [0.4, 0.5) is 0 Å². The molecule has 122 valence electrons. The van der Waals surface area contributed by atoms with E-state index in [0.717, 1.165) is 17.8 Å². The minimum Gasteiger partial charge on any atom is -0.361 e. The number of nitrogens with one attached hydrogen (secondary N) is 1. The number of fused-ring (bicyclic) bond motifs is 1. The Balaban J connectivity index is 1.66. The Morgan fingerprint density at radius 1 is 1.41 bits per heavy atom. The largest absolute Gasteiger partial charge is 0.361 e. The van der Waals surface area contributed by atoms with Gasteiger partial charge < -0.3 is 5.32 Å². The molecular weight excluding hydrogens is 268 g/mol. The molecule has 1 heterocycles. The lowest BCUT2D eigenvalue weighted by Gasteiger charge is -2.37. The summed E-state index contributed by atoms with van der Waals surface area (Å²) in [6, 6.07) is 0.527. The van der Waals surface area contributed by atoms with Crippen LogP contribution in [-0.4, -0.2) is 24.0 Å². The van der Waals surface area contributed by atoms with Gasteiger partial charge in [0.25, 0.3) is 0 Å². The number of piperidine rings is 1. The zero-order valence-electron chi connectivity index (χ0n) is 14.6. The van der Waals surface area contributed by atoms with E-state index in [1.54, 1.807) is 0 Å². The van der Waals surface area contributed by atoms with E-state index in [1.165, 1.54) is 62.2 Å². The number of allylic oxidation sites excluding steroid dienone is 4. The highest BCUT2D eigenvalue weighted by molar-refractivity contribution is 5.39. The maximum Gasteiger partial charge on any atom is 0.0492 e. The molecule has 0 spiro atoms. The summed E-state index contributed by atoms with van der Waals surface area (Å²) in [4.78, 5) is 2.66. The maximum atomic E-state index is 4.43. The van der Waals surface area contributed by atoms with Gasteiger partial charge in [-0.3, -0.25) is 4.90 Å². The summed E-state index contributed by atoms with van der Waals surface area (Å²) in [6.45, 7) is 13.8. The van der Waals surface area contributed by atoms with E-state index in [4.69, 9.17) is 0 Å². The van der Waals surface area contributed by atoms with Crippen LogP contribution < -0.4 is 5.32 Å². The first-order chi connectivity index (χ1) is 10.6. The molecule has 3 rings (SSSR count). The molecule has 0 radical (unpaired) electrons. The van der Waals surface area contributed by atoms with Gasteiger partial charge in [-0.15, -0.1) is 0 Å². The average Bonchev–Trinajstić information content (AvgIpc) is 3.19. The SMILES string of the molecule is C=C(NC1=C(C)C=CC2C(C)C12)C1CCCCN1CCCC. The molecule has 1 aliphatic heterocycles. The van der Waals surface area contributed by atoms with Crippen molar-refractivity contribution in [2.24, 2.45) is 17.8 Å².